The minimum atomic E-state index is -2.07. The molecule has 1 heterocycles. The van der Waals surface area contributed by atoms with E-state index in [1.54, 1.807) is 6.20 Å². The molecule has 3 nitrogen and oxygen atoms in total. The van der Waals surface area contributed by atoms with Gasteiger partial charge in [0.25, 0.3) is 0 Å². The van der Waals surface area contributed by atoms with Gasteiger partial charge in [0.2, 0.25) is 0 Å². The first-order chi connectivity index (χ1) is 8.76. The Kier molecular flexibility index (Phi) is 4.43. The molecule has 0 atom stereocenters. The summed E-state index contributed by atoms with van der Waals surface area (Å²) in [6.07, 6.45) is 1.67. The molecule has 0 aliphatic carbocycles. The molecule has 1 aromatic carbocycles. The predicted octanol–water partition coefficient (Wildman–Crippen LogP) is 3.80. The number of hydrogen-bond acceptors (Lipinski definition) is 3. The van der Waals surface area contributed by atoms with Gasteiger partial charge in [0.1, 0.15) is 0 Å². The summed E-state index contributed by atoms with van der Waals surface area (Å²) in [5.74, 6) is -0.240. The van der Waals surface area contributed by atoms with E-state index in [-0.39, 0.29) is 5.97 Å². The SMILES string of the molecule is C[CH2][Zn]([CH2]C)[O]C(=O)c1nccc2ccccc12. The van der Waals surface area contributed by atoms with Gasteiger partial charge in [-0.05, 0) is 0 Å². The molecule has 18 heavy (non-hydrogen) atoms. The molecule has 0 aliphatic heterocycles. The van der Waals surface area contributed by atoms with Crippen LogP contribution < -0.4 is 0 Å². The zero-order valence-corrected chi connectivity index (χ0v) is 13.8. The second kappa shape index (κ2) is 6.06. The molecule has 0 saturated heterocycles. The van der Waals surface area contributed by atoms with E-state index in [1.807, 2.05) is 30.3 Å². The molecule has 4 heteroatoms. The topological polar surface area (TPSA) is 39.2 Å². The molecular weight excluding hydrogens is 280 g/mol. The number of aromatic nitrogens is 1. The van der Waals surface area contributed by atoms with Gasteiger partial charge < -0.3 is 0 Å². The van der Waals surface area contributed by atoms with Crippen LogP contribution in [-0.4, -0.2) is 11.0 Å². The Labute approximate surface area is 112 Å². The summed E-state index contributed by atoms with van der Waals surface area (Å²) in [5, 5.41) is 3.97. The molecule has 0 spiro atoms. The average molecular weight is 296 g/mol. The van der Waals surface area contributed by atoms with Crippen LogP contribution in [0.1, 0.15) is 24.3 Å². The number of rotatable bonds is 4. The third-order valence-electron chi connectivity index (χ3n) is 3.32. The fourth-order valence-electron chi connectivity index (χ4n) is 2.09. The molecule has 91 valence electrons. The Morgan fingerprint density at radius 3 is 2.67 bits per heavy atom. The van der Waals surface area contributed by atoms with Crippen molar-refractivity contribution in [3.63, 3.8) is 0 Å². The van der Waals surface area contributed by atoms with Crippen LogP contribution in [0.5, 0.6) is 0 Å². The predicted molar refractivity (Wildman–Crippen MR) is 68.1 cm³/mol. The van der Waals surface area contributed by atoms with Gasteiger partial charge >= 0.3 is 112 Å². The van der Waals surface area contributed by atoms with Gasteiger partial charge in [0.15, 0.2) is 0 Å². The van der Waals surface area contributed by atoms with Gasteiger partial charge in [-0.25, -0.2) is 0 Å². The van der Waals surface area contributed by atoms with Gasteiger partial charge in [0.05, 0.1) is 0 Å². The number of carbonyl (C=O) groups is 1. The summed E-state index contributed by atoms with van der Waals surface area (Å²) in [7, 11) is 0. The van der Waals surface area contributed by atoms with Crippen molar-refractivity contribution < 1.29 is 24.7 Å². The number of pyridine rings is 1. The van der Waals surface area contributed by atoms with E-state index < -0.39 is 16.3 Å². The second-order valence-electron chi connectivity index (χ2n) is 4.57. The Hall–Kier alpha value is -1.28. The van der Waals surface area contributed by atoms with Crippen LogP contribution in [0.4, 0.5) is 0 Å². The molecule has 0 N–H and O–H groups in total. The fourth-order valence-corrected chi connectivity index (χ4v) is 5.50. The van der Waals surface area contributed by atoms with Gasteiger partial charge in [0, 0.05) is 0 Å². The number of nitrogens with zero attached hydrogens (tertiary/aromatic N) is 1. The Balaban J connectivity index is 2.33. The van der Waals surface area contributed by atoms with Crippen molar-refractivity contribution in [1.82, 2.24) is 4.98 Å². The van der Waals surface area contributed by atoms with Gasteiger partial charge in [-0.3, -0.25) is 0 Å². The molecule has 0 unspecified atom stereocenters. The number of benzene rings is 1. The van der Waals surface area contributed by atoms with Crippen LogP contribution in [-0.2, 0) is 19.9 Å². The van der Waals surface area contributed by atoms with Crippen LogP contribution in [0.25, 0.3) is 10.8 Å². The van der Waals surface area contributed by atoms with E-state index in [4.69, 9.17) is 3.56 Å². The number of hydrogen-bond donors (Lipinski definition) is 0. The molecule has 0 aliphatic rings. The summed E-state index contributed by atoms with van der Waals surface area (Å²) in [6.45, 7) is 4.21. The van der Waals surface area contributed by atoms with E-state index in [9.17, 15) is 4.79 Å². The Morgan fingerprint density at radius 2 is 1.94 bits per heavy atom. The van der Waals surface area contributed by atoms with Crippen molar-refractivity contribution >= 4 is 16.7 Å². The minimum absolute atomic E-state index is 0.240. The third kappa shape index (κ3) is 2.76. The normalized spacial score (nSPS) is 10.3. The molecule has 0 radical (unpaired) electrons. The first-order valence-electron chi connectivity index (χ1n) is 6.54. The van der Waals surface area contributed by atoms with Crippen molar-refractivity contribution in [3.8, 4) is 0 Å². The number of carbonyl (C=O) groups excluding carboxylic acids is 1. The molecule has 2 aromatic rings. The molecule has 1 aromatic heterocycles. The van der Waals surface area contributed by atoms with Crippen LogP contribution in [0.2, 0.25) is 10.0 Å². The zero-order valence-electron chi connectivity index (χ0n) is 10.8. The molecule has 0 amide bonds. The van der Waals surface area contributed by atoms with Crippen LogP contribution in [0, 0.1) is 0 Å². The first-order valence-corrected chi connectivity index (χ1v) is 11.9. The molecule has 0 fully saturated rings. The number of fused-ring (bicyclic) bond motifs is 1. The van der Waals surface area contributed by atoms with Gasteiger partial charge in [-0.2, -0.15) is 0 Å². The van der Waals surface area contributed by atoms with E-state index >= 15 is 0 Å². The van der Waals surface area contributed by atoms with E-state index in [0.717, 1.165) is 20.8 Å². The maximum absolute atomic E-state index is 12.2. The fraction of sp³-hybridized carbons (Fsp3) is 0.286. The van der Waals surface area contributed by atoms with Crippen molar-refractivity contribution in [3.05, 3.63) is 42.2 Å². The average Bonchev–Trinajstić information content (AvgIpc) is 2.43. The zero-order chi connectivity index (χ0) is 13.0. The molecule has 2 rings (SSSR count). The Bertz CT molecular complexity index is 547. The summed E-state index contributed by atoms with van der Waals surface area (Å²) in [4.78, 5) is 16.3. The van der Waals surface area contributed by atoms with Gasteiger partial charge in [-0.15, -0.1) is 0 Å². The van der Waals surface area contributed by atoms with Crippen LogP contribution in [0.15, 0.2) is 36.5 Å². The quantitative estimate of drug-likeness (QED) is 0.805. The second-order valence-corrected chi connectivity index (χ2v) is 12.6. The summed E-state index contributed by atoms with van der Waals surface area (Å²) in [5.41, 5.74) is 0.455. The monoisotopic (exact) mass is 294 g/mol. The maximum atomic E-state index is 12.2. The summed E-state index contributed by atoms with van der Waals surface area (Å²) in [6, 6.07) is 9.68. The summed E-state index contributed by atoms with van der Waals surface area (Å²) >= 11 is -2.07. The van der Waals surface area contributed by atoms with Crippen molar-refractivity contribution in [1.29, 1.82) is 0 Å². The third-order valence-corrected chi connectivity index (χ3v) is 9.40. The molecule has 0 saturated carbocycles. The van der Waals surface area contributed by atoms with E-state index in [2.05, 4.69) is 18.8 Å². The molecule has 0 bridgehead atoms. The van der Waals surface area contributed by atoms with Crippen molar-refractivity contribution in [2.45, 2.75) is 23.9 Å². The van der Waals surface area contributed by atoms with Gasteiger partial charge in [-0.1, -0.05) is 0 Å². The van der Waals surface area contributed by atoms with Crippen molar-refractivity contribution in [2.75, 3.05) is 0 Å². The van der Waals surface area contributed by atoms with Crippen molar-refractivity contribution in [2.24, 2.45) is 0 Å². The van der Waals surface area contributed by atoms with E-state index in [0.29, 0.717) is 5.69 Å². The van der Waals surface area contributed by atoms with E-state index in [1.165, 1.54) is 0 Å². The molecular formula is C14H16NO2Zn. The Morgan fingerprint density at radius 1 is 1.22 bits per heavy atom. The van der Waals surface area contributed by atoms with Crippen LogP contribution >= 0.6 is 0 Å². The van der Waals surface area contributed by atoms with Crippen LogP contribution in [0.3, 0.4) is 0 Å². The summed E-state index contributed by atoms with van der Waals surface area (Å²) < 4.78 is 5.65. The first kappa shape index (κ1) is 13.2. The standard InChI is InChI=1S/C10H7NO2.2C2H5.Zn/c12-10(13)9-8-4-2-1-3-7(8)5-6-11-9;2*1-2;/h1-6H,(H,12,13);2*1H2,2H3;/q;;;+1/p-1.